The first-order chi connectivity index (χ1) is 20.3. The number of aromatic carboxylic acids is 1. The molecule has 42 heavy (non-hydrogen) atoms. The van der Waals surface area contributed by atoms with Crippen LogP contribution in [0, 0.1) is 24.0 Å². The van der Waals surface area contributed by atoms with Crippen molar-refractivity contribution >= 4 is 33.3 Å². The molecule has 5 aromatic rings. The molecular formula is C30H21F3N4O4S. The summed E-state index contributed by atoms with van der Waals surface area (Å²) >= 11 is 1.07. The van der Waals surface area contributed by atoms with Crippen molar-refractivity contribution in [2.45, 2.75) is 32.1 Å². The zero-order chi connectivity index (χ0) is 29.4. The third kappa shape index (κ3) is 5.44. The molecule has 0 radical (unpaired) electrons. The molecule has 4 heterocycles. The number of hydrogen-bond acceptors (Lipinski definition) is 6. The first-order valence-corrected chi connectivity index (χ1v) is 13.7. The van der Waals surface area contributed by atoms with Crippen molar-refractivity contribution in [1.29, 1.82) is 0 Å². The van der Waals surface area contributed by atoms with E-state index in [1.807, 2.05) is 4.57 Å². The van der Waals surface area contributed by atoms with Gasteiger partial charge in [0.2, 0.25) is 0 Å². The minimum atomic E-state index is -1.03. The highest BCUT2D eigenvalue weighted by Gasteiger charge is 2.24. The van der Waals surface area contributed by atoms with Crippen molar-refractivity contribution in [2.24, 2.45) is 0 Å². The average molecular weight is 591 g/mol. The standard InChI is InChI=1S/C30H21F3N4O4S/c1-34-19-5-4-18(23(33)12-19)15-41-28-21(31)6-7-24(35-28)17-3-2-16(22(32)10-17)11-27-36-29-25(13-26(42-29)30(38)39)37(27)14-20-8-9-40-20/h2-7,10,12-13,20H,8-9,11,14-15H2,(H,38,39)/t20-/m0/s1. The van der Waals surface area contributed by atoms with E-state index in [9.17, 15) is 18.7 Å². The van der Waals surface area contributed by atoms with Gasteiger partial charge in [-0.3, -0.25) is 0 Å². The molecule has 3 aromatic heterocycles. The molecule has 0 bridgehead atoms. The maximum absolute atomic E-state index is 15.4. The Kier molecular flexibility index (Phi) is 7.36. The minimum Gasteiger partial charge on any atom is -0.477 e. The van der Waals surface area contributed by atoms with Crippen molar-refractivity contribution in [2.75, 3.05) is 6.61 Å². The van der Waals surface area contributed by atoms with E-state index in [4.69, 9.17) is 16.0 Å². The van der Waals surface area contributed by atoms with Crippen molar-refractivity contribution < 1.29 is 32.5 Å². The lowest BCUT2D eigenvalue weighted by molar-refractivity contribution is -0.0589. The second kappa shape index (κ2) is 11.3. The molecule has 0 spiro atoms. The Bertz CT molecular complexity index is 1880. The van der Waals surface area contributed by atoms with E-state index < -0.39 is 23.4 Å². The van der Waals surface area contributed by atoms with Crippen molar-refractivity contribution in [3.8, 4) is 17.1 Å². The van der Waals surface area contributed by atoms with Gasteiger partial charge in [-0.25, -0.2) is 32.8 Å². The minimum absolute atomic E-state index is 0.0166. The fraction of sp³-hybridized carbons (Fsp3) is 0.200. The first-order valence-electron chi connectivity index (χ1n) is 12.9. The molecule has 212 valence electrons. The summed E-state index contributed by atoms with van der Waals surface area (Å²) < 4.78 is 56.9. The second-order valence-corrected chi connectivity index (χ2v) is 10.7. The summed E-state index contributed by atoms with van der Waals surface area (Å²) in [6.45, 7) is 7.79. The van der Waals surface area contributed by atoms with Crippen LogP contribution >= 0.6 is 11.3 Å². The summed E-state index contributed by atoms with van der Waals surface area (Å²) in [5.41, 5.74) is 1.94. The second-order valence-electron chi connectivity index (χ2n) is 9.67. The number of rotatable bonds is 9. The zero-order valence-electron chi connectivity index (χ0n) is 21.8. The fourth-order valence-corrected chi connectivity index (χ4v) is 5.50. The van der Waals surface area contributed by atoms with Crippen LogP contribution in [-0.4, -0.2) is 38.3 Å². The summed E-state index contributed by atoms with van der Waals surface area (Å²) in [5, 5.41) is 9.38. The molecule has 1 saturated heterocycles. The Morgan fingerprint density at radius 2 is 1.86 bits per heavy atom. The van der Waals surface area contributed by atoms with Crippen LogP contribution in [0.25, 0.3) is 26.4 Å². The Morgan fingerprint density at radius 3 is 2.55 bits per heavy atom. The van der Waals surface area contributed by atoms with Gasteiger partial charge < -0.3 is 19.1 Å². The van der Waals surface area contributed by atoms with Gasteiger partial charge in [-0.15, -0.1) is 11.3 Å². The van der Waals surface area contributed by atoms with E-state index >= 15 is 4.39 Å². The van der Waals surface area contributed by atoms with E-state index in [-0.39, 0.29) is 46.8 Å². The Hall–Kier alpha value is -4.73. The molecule has 0 saturated carbocycles. The molecule has 12 heteroatoms. The normalized spacial score (nSPS) is 14.5. The third-order valence-corrected chi connectivity index (χ3v) is 7.96. The van der Waals surface area contributed by atoms with Crippen LogP contribution in [0.5, 0.6) is 5.88 Å². The maximum atomic E-state index is 15.4. The molecule has 1 fully saturated rings. The van der Waals surface area contributed by atoms with E-state index in [0.29, 0.717) is 40.5 Å². The van der Waals surface area contributed by atoms with Crippen LogP contribution in [-0.2, 0) is 24.3 Å². The summed E-state index contributed by atoms with van der Waals surface area (Å²) in [5.74, 6) is -2.75. The van der Waals surface area contributed by atoms with Gasteiger partial charge in [0, 0.05) is 24.2 Å². The van der Waals surface area contributed by atoms with Gasteiger partial charge in [-0.1, -0.05) is 24.3 Å². The predicted octanol–water partition coefficient (Wildman–Crippen LogP) is 6.78. The number of nitrogens with zero attached hydrogens (tertiary/aromatic N) is 4. The van der Waals surface area contributed by atoms with Crippen molar-refractivity contribution in [3.63, 3.8) is 0 Å². The summed E-state index contributed by atoms with van der Waals surface area (Å²) in [4.78, 5) is 24.1. The van der Waals surface area contributed by atoms with Gasteiger partial charge in [0.1, 0.15) is 33.8 Å². The monoisotopic (exact) mass is 590 g/mol. The molecule has 0 aliphatic carbocycles. The zero-order valence-corrected chi connectivity index (χ0v) is 22.6. The summed E-state index contributed by atoms with van der Waals surface area (Å²) in [6, 6.07) is 12.5. The van der Waals surface area contributed by atoms with Gasteiger partial charge in [-0.2, -0.15) is 0 Å². The number of thiophene rings is 1. The van der Waals surface area contributed by atoms with Crippen LogP contribution < -0.4 is 4.74 Å². The lowest BCUT2D eigenvalue weighted by Crippen LogP contribution is -2.31. The highest BCUT2D eigenvalue weighted by molar-refractivity contribution is 7.20. The molecule has 1 N–H and O–H groups in total. The van der Waals surface area contributed by atoms with E-state index in [1.165, 1.54) is 24.3 Å². The Balaban J connectivity index is 1.23. The van der Waals surface area contributed by atoms with Crippen LogP contribution in [0.2, 0.25) is 0 Å². The van der Waals surface area contributed by atoms with Crippen LogP contribution in [0.15, 0.2) is 54.6 Å². The van der Waals surface area contributed by atoms with Crippen LogP contribution in [0.4, 0.5) is 18.9 Å². The molecule has 8 nitrogen and oxygen atoms in total. The Labute approximate surface area is 241 Å². The van der Waals surface area contributed by atoms with Gasteiger partial charge in [0.25, 0.3) is 5.88 Å². The lowest BCUT2D eigenvalue weighted by Gasteiger charge is -2.27. The maximum Gasteiger partial charge on any atom is 0.346 e. The number of fused-ring (bicyclic) bond motifs is 1. The Morgan fingerprint density at radius 1 is 1.07 bits per heavy atom. The van der Waals surface area contributed by atoms with Gasteiger partial charge >= 0.3 is 5.97 Å². The number of carboxylic acid groups (broad SMARTS) is 1. The summed E-state index contributed by atoms with van der Waals surface area (Å²) in [7, 11) is 0. The van der Waals surface area contributed by atoms with Gasteiger partial charge in [-0.05, 0) is 42.3 Å². The molecular weight excluding hydrogens is 569 g/mol. The first kappa shape index (κ1) is 27.4. The molecule has 0 amide bonds. The van der Waals surface area contributed by atoms with Crippen molar-refractivity contribution in [1.82, 2.24) is 14.5 Å². The number of ether oxygens (including phenoxy) is 2. The number of benzene rings is 2. The third-order valence-electron chi connectivity index (χ3n) is 6.96. The number of pyridine rings is 1. The lowest BCUT2D eigenvalue weighted by atomic mass is 10.0. The smallest absolute Gasteiger partial charge is 0.346 e. The van der Waals surface area contributed by atoms with E-state index in [1.54, 1.807) is 18.2 Å². The molecule has 1 aliphatic heterocycles. The van der Waals surface area contributed by atoms with E-state index in [0.717, 1.165) is 29.9 Å². The van der Waals surface area contributed by atoms with E-state index in [2.05, 4.69) is 14.8 Å². The number of hydrogen-bond donors (Lipinski definition) is 1. The number of carboxylic acids is 1. The number of aromatic nitrogens is 3. The molecule has 1 atom stereocenters. The quantitative estimate of drug-likeness (QED) is 0.190. The highest BCUT2D eigenvalue weighted by atomic mass is 32.1. The number of halogens is 3. The fourth-order valence-electron chi connectivity index (χ4n) is 4.61. The molecule has 6 rings (SSSR count). The number of imidazole rings is 1. The van der Waals surface area contributed by atoms with Gasteiger partial charge in [0.05, 0.1) is 30.4 Å². The average Bonchev–Trinajstić information content (AvgIpc) is 3.50. The SMILES string of the molecule is [C-]#[N+]c1ccc(COc2nc(-c3ccc(Cc4nc5sc(C(=O)O)cc5n4C[C@@H]4CCO4)c(F)c3)ccc2F)c(F)c1. The molecule has 2 aromatic carbocycles. The van der Waals surface area contributed by atoms with Crippen LogP contribution in [0.1, 0.15) is 33.0 Å². The largest absolute Gasteiger partial charge is 0.477 e. The predicted molar refractivity (Wildman–Crippen MR) is 148 cm³/mol. The van der Waals surface area contributed by atoms with Crippen molar-refractivity contribution in [3.05, 3.63) is 105 Å². The molecule has 1 aliphatic rings. The number of carbonyl (C=O) groups is 1. The summed E-state index contributed by atoms with van der Waals surface area (Å²) in [6.07, 6.45) is 1.01. The van der Waals surface area contributed by atoms with Gasteiger partial charge in [0.15, 0.2) is 11.5 Å². The van der Waals surface area contributed by atoms with Crippen LogP contribution in [0.3, 0.4) is 0 Å². The highest BCUT2D eigenvalue weighted by Crippen LogP contribution is 2.31. The topological polar surface area (TPSA) is 90.8 Å². The molecule has 0 unspecified atom stereocenters.